The zero-order chi connectivity index (χ0) is 13.1. The van der Waals surface area contributed by atoms with Crippen molar-refractivity contribution in [3.05, 3.63) is 17.5 Å². The molecular formula is C9H11F3N2O3. The number of nitrogens with zero attached hydrogens (tertiary/aromatic N) is 2. The summed E-state index contributed by atoms with van der Waals surface area (Å²) in [5.74, 6) is -1.13. The van der Waals surface area contributed by atoms with Gasteiger partial charge in [-0.3, -0.25) is 9.69 Å². The minimum Gasteiger partial charge on any atom is -0.480 e. The van der Waals surface area contributed by atoms with Crippen LogP contribution < -0.4 is 0 Å². The van der Waals surface area contributed by atoms with Crippen molar-refractivity contribution in [1.82, 2.24) is 10.1 Å². The summed E-state index contributed by atoms with van der Waals surface area (Å²) in [5, 5.41) is 12.0. The highest BCUT2D eigenvalue weighted by molar-refractivity contribution is 5.69. The molecule has 17 heavy (non-hydrogen) atoms. The van der Waals surface area contributed by atoms with Crippen LogP contribution in [0.2, 0.25) is 0 Å². The minimum absolute atomic E-state index is 0.202. The number of aliphatic carboxylic acids is 1. The molecule has 0 saturated carbocycles. The fraction of sp³-hybridized carbons (Fsp3) is 0.556. The van der Waals surface area contributed by atoms with E-state index in [2.05, 4.69) is 5.16 Å². The van der Waals surface area contributed by atoms with Crippen LogP contribution in [-0.2, 0) is 11.3 Å². The molecule has 0 radical (unpaired) electrons. The molecule has 8 heteroatoms. The molecule has 0 spiro atoms. The monoisotopic (exact) mass is 252 g/mol. The summed E-state index contributed by atoms with van der Waals surface area (Å²) in [6.07, 6.45) is -4.45. The average molecular weight is 252 g/mol. The molecule has 1 aromatic heterocycles. The Labute approximate surface area is 94.8 Å². The van der Waals surface area contributed by atoms with Gasteiger partial charge in [0.2, 0.25) is 0 Å². The molecule has 0 aromatic carbocycles. The maximum absolute atomic E-state index is 12.2. The second kappa shape index (κ2) is 5.17. The molecule has 96 valence electrons. The fourth-order valence-electron chi connectivity index (χ4n) is 1.32. The number of carbonyl (C=O) groups is 1. The first-order valence-electron chi connectivity index (χ1n) is 4.69. The Morgan fingerprint density at radius 3 is 2.65 bits per heavy atom. The number of aromatic nitrogens is 1. The molecule has 0 unspecified atom stereocenters. The number of carboxylic acid groups (broad SMARTS) is 1. The molecule has 0 aliphatic heterocycles. The molecule has 1 rings (SSSR count). The second-order valence-electron chi connectivity index (χ2n) is 3.59. The van der Waals surface area contributed by atoms with E-state index < -0.39 is 25.2 Å². The lowest BCUT2D eigenvalue weighted by Crippen LogP contribution is -2.37. The molecule has 1 aromatic rings. The van der Waals surface area contributed by atoms with Crippen molar-refractivity contribution in [1.29, 1.82) is 0 Å². The van der Waals surface area contributed by atoms with E-state index in [-0.39, 0.29) is 12.3 Å². The maximum Gasteiger partial charge on any atom is 0.401 e. The Bertz CT molecular complexity index is 389. The van der Waals surface area contributed by atoms with Crippen LogP contribution in [0, 0.1) is 6.92 Å². The third-order valence-electron chi connectivity index (χ3n) is 1.82. The summed E-state index contributed by atoms with van der Waals surface area (Å²) < 4.78 is 41.3. The quantitative estimate of drug-likeness (QED) is 0.858. The number of carboxylic acids is 1. The predicted molar refractivity (Wildman–Crippen MR) is 50.2 cm³/mol. The molecular weight excluding hydrogens is 241 g/mol. The fourth-order valence-corrected chi connectivity index (χ4v) is 1.32. The molecule has 1 heterocycles. The summed E-state index contributed by atoms with van der Waals surface area (Å²) in [4.78, 5) is 11.2. The van der Waals surface area contributed by atoms with Crippen LogP contribution in [0.3, 0.4) is 0 Å². The molecule has 5 nitrogen and oxygen atoms in total. The molecule has 0 bridgehead atoms. The molecule has 0 saturated heterocycles. The first kappa shape index (κ1) is 13.5. The predicted octanol–water partition coefficient (Wildman–Crippen LogP) is 1.43. The van der Waals surface area contributed by atoms with E-state index in [0.29, 0.717) is 5.69 Å². The lowest BCUT2D eigenvalue weighted by Gasteiger charge is -2.19. The maximum atomic E-state index is 12.2. The van der Waals surface area contributed by atoms with Gasteiger partial charge in [0.15, 0.2) is 5.76 Å². The summed E-state index contributed by atoms with van der Waals surface area (Å²) in [6.45, 7) is -0.636. The highest BCUT2D eigenvalue weighted by atomic mass is 19.4. The van der Waals surface area contributed by atoms with Gasteiger partial charge in [-0.05, 0) is 6.92 Å². The van der Waals surface area contributed by atoms with Gasteiger partial charge in [0, 0.05) is 6.07 Å². The summed E-state index contributed by atoms with van der Waals surface area (Å²) in [5.41, 5.74) is 0.530. The van der Waals surface area contributed by atoms with Crippen LogP contribution in [0.1, 0.15) is 11.5 Å². The van der Waals surface area contributed by atoms with Gasteiger partial charge in [0.05, 0.1) is 25.3 Å². The largest absolute Gasteiger partial charge is 0.480 e. The SMILES string of the molecule is Cc1cc(CN(CC(=O)O)CC(F)(F)F)on1. The molecule has 1 N–H and O–H groups in total. The van der Waals surface area contributed by atoms with Gasteiger partial charge < -0.3 is 9.63 Å². The van der Waals surface area contributed by atoms with E-state index in [4.69, 9.17) is 9.63 Å². The minimum atomic E-state index is -4.45. The molecule has 0 aliphatic rings. The molecule has 0 atom stereocenters. The number of hydrogen-bond acceptors (Lipinski definition) is 4. The van der Waals surface area contributed by atoms with Crippen molar-refractivity contribution >= 4 is 5.97 Å². The smallest absolute Gasteiger partial charge is 0.401 e. The highest BCUT2D eigenvalue weighted by Crippen LogP contribution is 2.18. The van der Waals surface area contributed by atoms with Gasteiger partial charge in [0.1, 0.15) is 0 Å². The van der Waals surface area contributed by atoms with E-state index in [1.54, 1.807) is 6.92 Å². The lowest BCUT2D eigenvalue weighted by atomic mass is 10.3. The van der Waals surface area contributed by atoms with Crippen LogP contribution in [0.15, 0.2) is 10.6 Å². The van der Waals surface area contributed by atoms with E-state index in [1.807, 2.05) is 0 Å². The molecule has 0 fully saturated rings. The first-order chi connectivity index (χ1) is 7.76. The van der Waals surface area contributed by atoms with Crippen LogP contribution in [0.5, 0.6) is 0 Å². The number of halogens is 3. The highest BCUT2D eigenvalue weighted by Gasteiger charge is 2.32. The van der Waals surface area contributed by atoms with E-state index in [0.717, 1.165) is 4.90 Å². The van der Waals surface area contributed by atoms with E-state index in [1.165, 1.54) is 6.07 Å². The number of aryl methyl sites for hydroxylation is 1. The third-order valence-corrected chi connectivity index (χ3v) is 1.82. The average Bonchev–Trinajstić information content (AvgIpc) is 2.46. The van der Waals surface area contributed by atoms with Crippen LogP contribution in [-0.4, -0.2) is 40.4 Å². The normalized spacial score (nSPS) is 12.1. The lowest BCUT2D eigenvalue weighted by molar-refractivity contribution is -0.155. The topological polar surface area (TPSA) is 66.6 Å². The summed E-state index contributed by atoms with van der Waals surface area (Å²) >= 11 is 0. The second-order valence-corrected chi connectivity index (χ2v) is 3.59. The summed E-state index contributed by atoms with van der Waals surface area (Å²) in [7, 11) is 0. The van der Waals surface area contributed by atoms with Gasteiger partial charge in [-0.15, -0.1) is 0 Å². The van der Waals surface area contributed by atoms with Crippen molar-refractivity contribution in [3.63, 3.8) is 0 Å². The van der Waals surface area contributed by atoms with Crippen LogP contribution in [0.4, 0.5) is 13.2 Å². The Morgan fingerprint density at radius 2 is 2.24 bits per heavy atom. The van der Waals surface area contributed by atoms with Crippen LogP contribution in [0.25, 0.3) is 0 Å². The van der Waals surface area contributed by atoms with Crippen molar-refractivity contribution in [2.24, 2.45) is 0 Å². The zero-order valence-corrected chi connectivity index (χ0v) is 8.99. The van der Waals surface area contributed by atoms with E-state index >= 15 is 0 Å². The van der Waals surface area contributed by atoms with Crippen LogP contribution >= 0.6 is 0 Å². The van der Waals surface area contributed by atoms with Crippen molar-refractivity contribution in [3.8, 4) is 0 Å². The molecule has 0 aliphatic carbocycles. The van der Waals surface area contributed by atoms with Crippen molar-refractivity contribution in [2.45, 2.75) is 19.6 Å². The van der Waals surface area contributed by atoms with Gasteiger partial charge in [-0.2, -0.15) is 13.2 Å². The van der Waals surface area contributed by atoms with Gasteiger partial charge >= 0.3 is 12.1 Å². The Morgan fingerprint density at radius 1 is 1.59 bits per heavy atom. The first-order valence-corrected chi connectivity index (χ1v) is 4.69. The molecule has 0 amide bonds. The van der Waals surface area contributed by atoms with E-state index in [9.17, 15) is 18.0 Å². The zero-order valence-electron chi connectivity index (χ0n) is 8.99. The van der Waals surface area contributed by atoms with Gasteiger partial charge in [0.25, 0.3) is 0 Å². The number of hydrogen-bond donors (Lipinski definition) is 1. The standard InChI is InChI=1S/C9H11F3N2O3/c1-6-2-7(17-13-6)3-14(4-8(15)16)5-9(10,11)12/h2H,3-5H2,1H3,(H,15,16). The van der Waals surface area contributed by atoms with Gasteiger partial charge in [-0.25, -0.2) is 0 Å². The number of alkyl halides is 3. The third kappa shape index (κ3) is 5.34. The van der Waals surface area contributed by atoms with Crippen molar-refractivity contribution in [2.75, 3.05) is 13.1 Å². The number of rotatable bonds is 5. The Balaban J connectivity index is 2.66. The Hall–Kier alpha value is -1.57. The Kier molecular flexibility index (Phi) is 4.11. The summed E-state index contributed by atoms with van der Waals surface area (Å²) in [6, 6.07) is 1.46. The van der Waals surface area contributed by atoms with Crippen molar-refractivity contribution < 1.29 is 27.6 Å². The van der Waals surface area contributed by atoms with Gasteiger partial charge in [-0.1, -0.05) is 5.16 Å².